The number of hydrogen-bond donors (Lipinski definition) is 0. The van der Waals surface area contributed by atoms with Crippen LogP contribution in [0.3, 0.4) is 0 Å². The average Bonchev–Trinajstić information content (AvgIpc) is 3.29. The first-order valence-electron chi connectivity index (χ1n) is 12.2. The SMILES string of the molecule is C=C(C)C(=O)OCCCCCCCCCCCCCC.C=CC(=O)OCC1CCCO1. The van der Waals surface area contributed by atoms with Crippen molar-refractivity contribution in [2.24, 2.45) is 0 Å². The van der Waals surface area contributed by atoms with Crippen molar-refractivity contribution in [1.29, 1.82) is 0 Å². The monoisotopic (exact) mass is 438 g/mol. The van der Waals surface area contributed by atoms with Gasteiger partial charge in [0.1, 0.15) is 6.61 Å². The highest BCUT2D eigenvalue weighted by Crippen LogP contribution is 2.12. The van der Waals surface area contributed by atoms with Crippen molar-refractivity contribution in [3.05, 3.63) is 24.8 Å². The third-order valence-corrected chi connectivity index (χ3v) is 5.18. The van der Waals surface area contributed by atoms with Gasteiger partial charge in [-0.2, -0.15) is 0 Å². The lowest BCUT2D eigenvalue weighted by Gasteiger charge is -2.07. The second-order valence-corrected chi connectivity index (χ2v) is 8.27. The number of ether oxygens (including phenoxy) is 3. The molecule has 1 atom stereocenters. The summed E-state index contributed by atoms with van der Waals surface area (Å²) >= 11 is 0. The van der Waals surface area contributed by atoms with Gasteiger partial charge >= 0.3 is 11.9 Å². The van der Waals surface area contributed by atoms with E-state index >= 15 is 0 Å². The van der Waals surface area contributed by atoms with Crippen LogP contribution in [-0.2, 0) is 23.8 Å². The first kappa shape index (κ1) is 29.4. The Hall–Kier alpha value is -1.62. The second-order valence-electron chi connectivity index (χ2n) is 8.27. The molecule has 0 saturated carbocycles. The van der Waals surface area contributed by atoms with Crippen LogP contribution in [0.4, 0.5) is 0 Å². The van der Waals surface area contributed by atoms with Gasteiger partial charge in [0.2, 0.25) is 0 Å². The molecule has 5 heteroatoms. The van der Waals surface area contributed by atoms with Gasteiger partial charge in [-0.05, 0) is 26.2 Å². The Labute approximate surface area is 190 Å². The molecule has 1 saturated heterocycles. The Morgan fingerprint density at radius 2 is 1.48 bits per heavy atom. The van der Waals surface area contributed by atoms with Crippen LogP contribution in [0.2, 0.25) is 0 Å². The van der Waals surface area contributed by atoms with Crippen molar-refractivity contribution >= 4 is 11.9 Å². The van der Waals surface area contributed by atoms with E-state index in [-0.39, 0.29) is 18.0 Å². The molecule has 0 aromatic carbocycles. The standard InChI is InChI=1S/C18H34O2.C8H12O3/c1-4-5-6-7-8-9-10-11-12-13-14-15-16-20-18(19)17(2)3;1-2-8(9)11-6-7-4-3-5-10-7/h2,4-16H2,1,3H3;2,7H,1,3-6H2. The molecule has 0 radical (unpaired) electrons. The fourth-order valence-electron chi connectivity index (χ4n) is 3.24. The molecule has 180 valence electrons. The Morgan fingerprint density at radius 3 is 1.94 bits per heavy atom. The largest absolute Gasteiger partial charge is 0.462 e. The molecule has 0 amide bonds. The minimum Gasteiger partial charge on any atom is -0.462 e. The summed E-state index contributed by atoms with van der Waals surface area (Å²) in [6.45, 7) is 12.5. The van der Waals surface area contributed by atoms with Gasteiger partial charge in [0.25, 0.3) is 0 Å². The van der Waals surface area contributed by atoms with Crippen molar-refractivity contribution in [1.82, 2.24) is 0 Å². The molecule has 0 aromatic heterocycles. The highest BCUT2D eigenvalue weighted by molar-refractivity contribution is 5.86. The second kappa shape index (κ2) is 21.6. The molecule has 5 nitrogen and oxygen atoms in total. The number of carbonyl (C=O) groups excluding carboxylic acids is 2. The van der Waals surface area contributed by atoms with Gasteiger partial charge in [-0.15, -0.1) is 0 Å². The summed E-state index contributed by atoms with van der Waals surface area (Å²) < 4.78 is 15.1. The Balaban J connectivity index is 0.000000683. The summed E-state index contributed by atoms with van der Waals surface area (Å²) in [4.78, 5) is 21.7. The van der Waals surface area contributed by atoms with E-state index < -0.39 is 0 Å². The Bertz CT molecular complexity index is 480. The van der Waals surface area contributed by atoms with Crippen molar-refractivity contribution in [3.8, 4) is 0 Å². The third-order valence-electron chi connectivity index (χ3n) is 5.18. The smallest absolute Gasteiger partial charge is 0.333 e. The molecular formula is C26H46O5. The molecule has 1 aliphatic heterocycles. The Kier molecular flexibility index (Phi) is 20.5. The van der Waals surface area contributed by atoms with Gasteiger partial charge in [0.15, 0.2) is 0 Å². The minimum absolute atomic E-state index is 0.110. The predicted molar refractivity (Wildman–Crippen MR) is 127 cm³/mol. The number of unbranched alkanes of at least 4 members (excludes halogenated alkanes) is 11. The summed E-state index contributed by atoms with van der Waals surface area (Å²) in [6, 6.07) is 0. The quantitative estimate of drug-likeness (QED) is 0.144. The molecule has 1 rings (SSSR count). The zero-order valence-electron chi connectivity index (χ0n) is 20.1. The molecule has 0 spiro atoms. The van der Waals surface area contributed by atoms with Crippen LogP contribution in [0.1, 0.15) is 104 Å². The van der Waals surface area contributed by atoms with Gasteiger partial charge < -0.3 is 14.2 Å². The van der Waals surface area contributed by atoms with E-state index in [0.29, 0.717) is 18.8 Å². The molecule has 31 heavy (non-hydrogen) atoms. The fourth-order valence-corrected chi connectivity index (χ4v) is 3.24. The van der Waals surface area contributed by atoms with Crippen molar-refractivity contribution in [3.63, 3.8) is 0 Å². The minimum atomic E-state index is -0.375. The van der Waals surface area contributed by atoms with Crippen LogP contribution < -0.4 is 0 Å². The van der Waals surface area contributed by atoms with E-state index in [9.17, 15) is 9.59 Å². The van der Waals surface area contributed by atoms with Gasteiger partial charge in [-0.3, -0.25) is 0 Å². The van der Waals surface area contributed by atoms with E-state index in [1.807, 2.05) is 0 Å². The highest BCUT2D eigenvalue weighted by atomic mass is 16.6. The highest BCUT2D eigenvalue weighted by Gasteiger charge is 2.16. The van der Waals surface area contributed by atoms with Crippen molar-refractivity contribution in [2.75, 3.05) is 19.8 Å². The maximum absolute atomic E-state index is 11.1. The summed E-state index contributed by atoms with van der Waals surface area (Å²) in [5.41, 5.74) is 0.490. The summed E-state index contributed by atoms with van der Waals surface area (Å²) in [7, 11) is 0. The maximum Gasteiger partial charge on any atom is 0.333 e. The number of hydrogen-bond acceptors (Lipinski definition) is 5. The zero-order chi connectivity index (χ0) is 23.2. The van der Waals surface area contributed by atoms with Crippen molar-refractivity contribution in [2.45, 2.75) is 110 Å². The molecule has 1 fully saturated rings. The van der Waals surface area contributed by atoms with Gasteiger partial charge in [0.05, 0.1) is 12.7 Å². The lowest BCUT2D eigenvalue weighted by Crippen LogP contribution is -2.16. The van der Waals surface area contributed by atoms with Gasteiger partial charge in [0, 0.05) is 18.3 Å². The number of carbonyl (C=O) groups is 2. The lowest BCUT2D eigenvalue weighted by molar-refractivity contribution is -0.141. The Morgan fingerprint density at radius 1 is 0.935 bits per heavy atom. The van der Waals surface area contributed by atoms with E-state index in [1.165, 1.54) is 70.6 Å². The van der Waals surface area contributed by atoms with Crippen LogP contribution in [0.15, 0.2) is 24.8 Å². The van der Waals surface area contributed by atoms with E-state index in [1.54, 1.807) is 6.92 Å². The van der Waals surface area contributed by atoms with Gasteiger partial charge in [-0.25, -0.2) is 9.59 Å². The third kappa shape index (κ3) is 20.1. The van der Waals surface area contributed by atoms with Crippen LogP contribution in [0, 0.1) is 0 Å². The number of esters is 2. The molecule has 1 heterocycles. The maximum atomic E-state index is 11.1. The molecule has 0 aromatic rings. The van der Waals surface area contributed by atoms with Crippen LogP contribution in [0.5, 0.6) is 0 Å². The normalized spacial score (nSPS) is 15.0. The van der Waals surface area contributed by atoms with Crippen LogP contribution >= 0.6 is 0 Å². The average molecular weight is 439 g/mol. The van der Waals surface area contributed by atoms with Gasteiger partial charge in [-0.1, -0.05) is 90.7 Å². The molecule has 0 bridgehead atoms. The first-order valence-corrected chi connectivity index (χ1v) is 12.2. The fraction of sp³-hybridized carbons (Fsp3) is 0.769. The summed E-state index contributed by atoms with van der Waals surface area (Å²) in [5, 5.41) is 0. The van der Waals surface area contributed by atoms with E-state index in [4.69, 9.17) is 14.2 Å². The van der Waals surface area contributed by atoms with Crippen molar-refractivity contribution < 1.29 is 23.8 Å². The van der Waals surface area contributed by atoms with Crippen LogP contribution in [-0.4, -0.2) is 37.9 Å². The molecule has 1 unspecified atom stereocenters. The zero-order valence-corrected chi connectivity index (χ0v) is 20.1. The lowest BCUT2D eigenvalue weighted by atomic mass is 10.1. The number of rotatable bonds is 17. The molecule has 0 N–H and O–H groups in total. The summed E-state index contributed by atoms with van der Waals surface area (Å²) in [6.07, 6.45) is 19.2. The van der Waals surface area contributed by atoms with Crippen LogP contribution in [0.25, 0.3) is 0 Å². The molecular weight excluding hydrogens is 392 g/mol. The molecule has 1 aliphatic rings. The predicted octanol–water partition coefficient (Wildman–Crippen LogP) is 6.70. The molecule has 0 aliphatic carbocycles. The topological polar surface area (TPSA) is 61.8 Å². The summed E-state index contributed by atoms with van der Waals surface area (Å²) in [5.74, 6) is -0.631. The first-order chi connectivity index (χ1) is 15.0. The van der Waals surface area contributed by atoms with E-state index in [2.05, 4.69) is 20.1 Å². The van der Waals surface area contributed by atoms with E-state index in [0.717, 1.165) is 31.9 Å².